The summed E-state index contributed by atoms with van der Waals surface area (Å²) in [7, 11) is -9.56. The molecule has 0 bridgehead atoms. The van der Waals surface area contributed by atoms with E-state index in [1.807, 2.05) is 0 Å². The molecule has 0 aliphatic carbocycles. The first-order valence-electron chi connectivity index (χ1n) is 9.08. The van der Waals surface area contributed by atoms with Crippen LogP contribution in [0.2, 0.25) is 0 Å². The van der Waals surface area contributed by atoms with E-state index in [-0.39, 0.29) is 11.0 Å². The Morgan fingerprint density at radius 3 is 1.91 bits per heavy atom. The minimum atomic E-state index is -4.97. The fourth-order valence-electron chi connectivity index (χ4n) is 2.98. The van der Waals surface area contributed by atoms with Crippen LogP contribution in [0.4, 0.5) is 17.6 Å². The van der Waals surface area contributed by atoms with Crippen molar-refractivity contribution in [2.45, 2.75) is 38.7 Å². The Balaban J connectivity index is 2.30. The van der Waals surface area contributed by atoms with Crippen LogP contribution in [0.5, 0.6) is 0 Å². The van der Waals surface area contributed by atoms with E-state index < -0.39 is 58.0 Å². The average Bonchev–Trinajstić information content (AvgIpc) is 2.73. The van der Waals surface area contributed by atoms with Gasteiger partial charge in [-0.1, -0.05) is 24.3 Å². The summed E-state index contributed by atoms with van der Waals surface area (Å²) in [5.41, 5.74) is 4.93. The van der Waals surface area contributed by atoms with E-state index in [2.05, 4.69) is 0 Å². The van der Waals surface area contributed by atoms with Gasteiger partial charge in [0.1, 0.15) is 10.7 Å². The van der Waals surface area contributed by atoms with Crippen molar-refractivity contribution in [3.63, 3.8) is 0 Å². The molecular weight excluding hydrogens is 470 g/mol. The third-order valence-electron chi connectivity index (χ3n) is 4.69. The minimum Gasteiger partial charge on any atom is -0.324 e. The molecule has 11 heteroatoms. The topological polar surface area (TPSA) is 94.3 Å². The van der Waals surface area contributed by atoms with Crippen LogP contribution in [0.15, 0.2) is 86.3 Å². The molecule has 3 aromatic rings. The zero-order valence-electron chi connectivity index (χ0n) is 16.5. The van der Waals surface area contributed by atoms with Crippen LogP contribution in [0.1, 0.15) is 24.1 Å². The SMILES string of the molecule is C[C@H](N)c1ccc(S(=O)(=O)c2ccc(C(F)(F)F)cc2S(=O)(=O)c2ccccc2F)cc1. The highest BCUT2D eigenvalue weighted by Crippen LogP contribution is 2.37. The molecule has 0 aliphatic heterocycles. The molecule has 0 amide bonds. The molecule has 0 heterocycles. The van der Waals surface area contributed by atoms with E-state index in [1.165, 1.54) is 36.4 Å². The van der Waals surface area contributed by atoms with Gasteiger partial charge < -0.3 is 5.73 Å². The molecular formula is C21H17F4NO4S2. The van der Waals surface area contributed by atoms with Crippen LogP contribution in [0, 0.1) is 5.82 Å². The van der Waals surface area contributed by atoms with Crippen LogP contribution in [-0.2, 0) is 25.9 Å². The van der Waals surface area contributed by atoms with Crippen molar-refractivity contribution in [1.29, 1.82) is 0 Å². The summed E-state index contributed by atoms with van der Waals surface area (Å²) < 4.78 is 107. The van der Waals surface area contributed by atoms with E-state index in [0.717, 1.165) is 12.1 Å². The van der Waals surface area contributed by atoms with E-state index in [9.17, 15) is 34.4 Å². The number of rotatable bonds is 5. The monoisotopic (exact) mass is 487 g/mol. The number of benzene rings is 3. The first-order valence-corrected chi connectivity index (χ1v) is 12.0. The zero-order valence-corrected chi connectivity index (χ0v) is 18.1. The molecule has 0 unspecified atom stereocenters. The number of hydrogen-bond acceptors (Lipinski definition) is 5. The lowest BCUT2D eigenvalue weighted by atomic mass is 10.1. The molecule has 0 saturated carbocycles. The largest absolute Gasteiger partial charge is 0.416 e. The Morgan fingerprint density at radius 2 is 1.38 bits per heavy atom. The van der Waals surface area contributed by atoms with E-state index in [0.29, 0.717) is 17.7 Å². The first kappa shape index (κ1) is 23.9. The van der Waals surface area contributed by atoms with Gasteiger partial charge in [-0.3, -0.25) is 0 Å². The lowest BCUT2D eigenvalue weighted by Crippen LogP contribution is -2.15. The third kappa shape index (κ3) is 4.41. The maximum absolute atomic E-state index is 14.2. The van der Waals surface area contributed by atoms with Crippen molar-refractivity contribution in [3.8, 4) is 0 Å². The van der Waals surface area contributed by atoms with Crippen LogP contribution in [-0.4, -0.2) is 16.8 Å². The van der Waals surface area contributed by atoms with Gasteiger partial charge in [0.05, 0.1) is 20.2 Å². The summed E-state index contributed by atoms with van der Waals surface area (Å²) in [6.45, 7) is 1.67. The average molecular weight is 487 g/mol. The van der Waals surface area contributed by atoms with Crippen molar-refractivity contribution in [1.82, 2.24) is 0 Å². The van der Waals surface area contributed by atoms with Gasteiger partial charge in [0.15, 0.2) is 0 Å². The maximum atomic E-state index is 14.2. The highest BCUT2D eigenvalue weighted by atomic mass is 32.2. The van der Waals surface area contributed by atoms with Crippen molar-refractivity contribution in [3.05, 3.63) is 83.7 Å². The van der Waals surface area contributed by atoms with Crippen LogP contribution >= 0.6 is 0 Å². The van der Waals surface area contributed by atoms with Gasteiger partial charge in [0, 0.05) is 6.04 Å². The van der Waals surface area contributed by atoms with Gasteiger partial charge in [-0.25, -0.2) is 21.2 Å². The fourth-order valence-corrected chi connectivity index (χ4v) is 6.39. The van der Waals surface area contributed by atoms with Crippen LogP contribution in [0.25, 0.3) is 0 Å². The Kier molecular flexibility index (Phi) is 6.20. The van der Waals surface area contributed by atoms with E-state index in [1.54, 1.807) is 6.92 Å². The first-order chi connectivity index (χ1) is 14.8. The maximum Gasteiger partial charge on any atom is 0.416 e. The fraction of sp³-hybridized carbons (Fsp3) is 0.143. The second kappa shape index (κ2) is 8.30. The van der Waals surface area contributed by atoms with E-state index >= 15 is 0 Å². The summed E-state index contributed by atoms with van der Waals surface area (Å²) in [5.74, 6) is -1.23. The molecule has 2 N–H and O–H groups in total. The summed E-state index contributed by atoms with van der Waals surface area (Å²) in [5, 5.41) is 0. The molecule has 170 valence electrons. The highest BCUT2D eigenvalue weighted by Gasteiger charge is 2.36. The molecule has 0 aliphatic rings. The Labute approximate surface area is 182 Å². The molecule has 32 heavy (non-hydrogen) atoms. The molecule has 1 atom stereocenters. The summed E-state index contributed by atoms with van der Waals surface area (Å²) in [6.07, 6.45) is -4.96. The standard InChI is InChI=1S/C21H17F4NO4S2/c1-13(26)14-6-9-16(10-7-14)31(27,28)19-11-8-15(21(23,24)25)12-20(19)32(29,30)18-5-3-2-4-17(18)22/h2-13H,26H2,1H3/t13-/m0/s1. The Hall–Kier alpha value is -2.76. The van der Waals surface area contributed by atoms with Crippen LogP contribution < -0.4 is 5.73 Å². The van der Waals surface area contributed by atoms with Gasteiger partial charge in [-0.2, -0.15) is 13.2 Å². The van der Waals surface area contributed by atoms with Gasteiger partial charge in [-0.15, -0.1) is 0 Å². The summed E-state index contributed by atoms with van der Waals surface area (Å²) in [6, 6.07) is 9.99. The highest BCUT2D eigenvalue weighted by molar-refractivity contribution is 7.94. The molecule has 0 fully saturated rings. The normalized spacial score (nSPS) is 13.7. The molecule has 5 nitrogen and oxygen atoms in total. The van der Waals surface area contributed by atoms with Gasteiger partial charge in [-0.05, 0) is 55.0 Å². The number of hydrogen-bond donors (Lipinski definition) is 1. The second-order valence-corrected chi connectivity index (χ2v) is 10.8. The predicted octanol–water partition coefficient (Wildman–Crippen LogP) is 4.53. The molecule has 0 spiro atoms. The number of sulfone groups is 2. The lowest BCUT2D eigenvalue weighted by molar-refractivity contribution is -0.137. The zero-order chi connectivity index (χ0) is 23.9. The number of halogens is 4. The van der Waals surface area contributed by atoms with Crippen molar-refractivity contribution >= 4 is 19.7 Å². The minimum absolute atomic E-state index is 0.199. The van der Waals surface area contributed by atoms with Crippen molar-refractivity contribution in [2.75, 3.05) is 0 Å². The van der Waals surface area contributed by atoms with Crippen molar-refractivity contribution in [2.24, 2.45) is 5.73 Å². The molecule has 3 rings (SSSR count). The lowest BCUT2D eigenvalue weighted by Gasteiger charge is -2.15. The molecule has 0 radical (unpaired) electrons. The second-order valence-electron chi connectivity index (χ2n) is 6.95. The molecule has 3 aromatic carbocycles. The summed E-state index contributed by atoms with van der Waals surface area (Å²) >= 11 is 0. The smallest absolute Gasteiger partial charge is 0.324 e. The van der Waals surface area contributed by atoms with Crippen molar-refractivity contribution < 1.29 is 34.4 Å². The Morgan fingerprint density at radius 1 is 0.781 bits per heavy atom. The Bertz CT molecular complexity index is 1370. The third-order valence-corrected chi connectivity index (χ3v) is 8.48. The number of nitrogens with two attached hydrogens (primary N) is 1. The summed E-state index contributed by atoms with van der Waals surface area (Å²) in [4.78, 5) is -3.37. The van der Waals surface area contributed by atoms with Gasteiger partial charge in [0.25, 0.3) is 0 Å². The van der Waals surface area contributed by atoms with Gasteiger partial charge >= 0.3 is 6.18 Å². The molecule has 0 saturated heterocycles. The quantitative estimate of drug-likeness (QED) is 0.534. The van der Waals surface area contributed by atoms with E-state index in [4.69, 9.17) is 5.73 Å². The number of alkyl halides is 3. The molecule has 0 aromatic heterocycles. The predicted molar refractivity (Wildman–Crippen MR) is 108 cm³/mol. The van der Waals surface area contributed by atoms with Crippen LogP contribution in [0.3, 0.4) is 0 Å². The van der Waals surface area contributed by atoms with Gasteiger partial charge in [0.2, 0.25) is 19.7 Å².